The number of hydrogen-bond acceptors (Lipinski definition) is 6. The van der Waals surface area contributed by atoms with Gasteiger partial charge in [0.05, 0.1) is 11.4 Å². The zero-order chi connectivity index (χ0) is 30.1. The van der Waals surface area contributed by atoms with Crippen LogP contribution < -0.4 is 0 Å². The number of aryl methyl sites for hydroxylation is 1. The van der Waals surface area contributed by atoms with Gasteiger partial charge in [-0.3, -0.25) is 4.79 Å². The highest BCUT2D eigenvalue weighted by atomic mass is 16.7. The summed E-state index contributed by atoms with van der Waals surface area (Å²) in [6, 6.07) is 14.4. The molecule has 0 saturated heterocycles. The van der Waals surface area contributed by atoms with Gasteiger partial charge >= 0.3 is 12.1 Å². The lowest BCUT2D eigenvalue weighted by molar-refractivity contribution is -0.148. The number of imide groups is 1. The normalized spacial score (nSPS) is 14.3. The third-order valence-corrected chi connectivity index (χ3v) is 7.49. The lowest BCUT2D eigenvalue weighted by atomic mass is 10.0. The molecule has 2 amide bonds. The molecule has 1 aliphatic rings. The van der Waals surface area contributed by atoms with Crippen molar-refractivity contribution in [2.24, 2.45) is 5.16 Å². The minimum absolute atomic E-state index is 0.211. The summed E-state index contributed by atoms with van der Waals surface area (Å²) in [6.45, 7) is 2.22. The second-order valence-electron chi connectivity index (χ2n) is 10.6. The lowest BCUT2D eigenvalue weighted by Gasteiger charge is -2.11. The second kappa shape index (κ2) is 14.4. The van der Waals surface area contributed by atoms with Crippen LogP contribution in [0.1, 0.15) is 86.3 Å². The van der Waals surface area contributed by atoms with Gasteiger partial charge in [0.15, 0.2) is 0 Å². The number of nitrogens with one attached hydrogen (secondary N) is 1. The molecule has 1 aliphatic heterocycles. The monoisotopic (exact) mass is 574 g/mol. The van der Waals surface area contributed by atoms with Gasteiger partial charge in [-0.2, -0.15) is 0 Å². The minimum Gasteiger partial charge on any atom is -0.478 e. The van der Waals surface area contributed by atoms with E-state index in [-0.39, 0.29) is 12.0 Å². The first-order valence-electron chi connectivity index (χ1n) is 14.5. The van der Waals surface area contributed by atoms with Gasteiger partial charge in [-0.05, 0) is 30.5 Å². The van der Waals surface area contributed by atoms with Crippen LogP contribution >= 0.6 is 0 Å². The van der Waals surface area contributed by atoms with E-state index in [4.69, 9.17) is 20.0 Å². The Morgan fingerprint density at radius 1 is 0.881 bits per heavy atom. The first-order chi connectivity index (χ1) is 20.3. The van der Waals surface area contributed by atoms with E-state index in [1.807, 2.05) is 24.3 Å². The van der Waals surface area contributed by atoms with Gasteiger partial charge in [0.25, 0.3) is 5.91 Å². The van der Waals surface area contributed by atoms with Crippen LogP contribution in [-0.4, -0.2) is 61.9 Å². The van der Waals surface area contributed by atoms with E-state index in [2.05, 4.69) is 17.1 Å². The molecule has 2 aromatic carbocycles. The molecule has 1 aromatic heterocycles. The van der Waals surface area contributed by atoms with Gasteiger partial charge in [0.2, 0.25) is 6.10 Å². The molecule has 1 unspecified atom stereocenters. The molecule has 4 rings (SSSR count). The molecule has 0 aliphatic carbocycles. The van der Waals surface area contributed by atoms with Gasteiger partial charge in [-0.25, -0.2) is 19.5 Å². The van der Waals surface area contributed by atoms with Crippen molar-refractivity contribution in [1.82, 2.24) is 14.9 Å². The van der Waals surface area contributed by atoms with Crippen LogP contribution in [0.15, 0.2) is 53.7 Å². The molecule has 222 valence electrons. The third kappa shape index (κ3) is 7.63. The molecule has 2 heterocycles. The first kappa shape index (κ1) is 30.5. The molecule has 0 saturated carbocycles. The van der Waals surface area contributed by atoms with E-state index < -0.39 is 24.1 Å². The quantitative estimate of drug-likeness (QED) is 0.180. The van der Waals surface area contributed by atoms with Gasteiger partial charge in [-0.15, -0.1) is 0 Å². The largest absolute Gasteiger partial charge is 0.478 e. The zero-order valence-corrected chi connectivity index (χ0v) is 24.1. The maximum atomic E-state index is 12.4. The summed E-state index contributed by atoms with van der Waals surface area (Å²) in [4.78, 5) is 48.9. The third-order valence-electron chi connectivity index (χ3n) is 7.49. The van der Waals surface area contributed by atoms with Crippen LogP contribution in [0.25, 0.3) is 22.6 Å². The maximum Gasteiger partial charge on any atom is 0.414 e. The molecule has 42 heavy (non-hydrogen) atoms. The molecule has 0 spiro atoms. The van der Waals surface area contributed by atoms with Crippen molar-refractivity contribution in [1.29, 1.82) is 0 Å². The highest BCUT2D eigenvalue weighted by Crippen LogP contribution is 2.29. The summed E-state index contributed by atoms with van der Waals surface area (Å²) < 4.78 is 0. The molecule has 10 nitrogen and oxygen atoms in total. The summed E-state index contributed by atoms with van der Waals surface area (Å²) in [7, 11) is 1.22. The predicted octanol–water partition coefficient (Wildman–Crippen LogP) is 6.75. The van der Waals surface area contributed by atoms with Crippen LogP contribution in [-0.2, 0) is 16.1 Å². The summed E-state index contributed by atoms with van der Waals surface area (Å²) in [5.41, 5.74) is 5.15. The standard InChI is InChI=1S/C32H38N4O6/c1-3-4-5-6-7-8-9-10-11-25-28(22-14-18-24(19-15-22)30(37)36(2)32(40)41)34-29(33-25)23-16-12-21(13-17-23)26-20-27(31(38)39)42-35-26/h12-19,27H,3-11,20H2,1-2H3,(H,33,34)(H,38,39)(H,40,41). The van der Waals surface area contributed by atoms with Crippen molar-refractivity contribution >= 4 is 23.7 Å². The van der Waals surface area contributed by atoms with Crippen LogP contribution in [0.3, 0.4) is 0 Å². The molecular weight excluding hydrogens is 536 g/mol. The number of aromatic amines is 1. The number of carbonyl (C=O) groups excluding carboxylic acids is 1. The number of carboxylic acid groups (broad SMARTS) is 2. The Kier molecular flexibility index (Phi) is 10.5. The molecule has 3 aromatic rings. The predicted molar refractivity (Wildman–Crippen MR) is 160 cm³/mol. The second-order valence-corrected chi connectivity index (χ2v) is 10.6. The topological polar surface area (TPSA) is 145 Å². The van der Waals surface area contributed by atoms with Crippen LogP contribution in [0.4, 0.5) is 4.79 Å². The molecule has 3 N–H and O–H groups in total. The number of H-pyrrole nitrogens is 1. The molecular formula is C32H38N4O6. The Labute approximate surface area is 245 Å². The Hall–Kier alpha value is -4.47. The number of carbonyl (C=O) groups is 3. The number of carboxylic acids is 1. The zero-order valence-electron chi connectivity index (χ0n) is 24.1. The Morgan fingerprint density at radius 3 is 2.07 bits per heavy atom. The summed E-state index contributed by atoms with van der Waals surface area (Å²) >= 11 is 0. The van der Waals surface area contributed by atoms with Gasteiger partial charge in [0, 0.05) is 35.9 Å². The summed E-state index contributed by atoms with van der Waals surface area (Å²) in [6.07, 6.45) is 8.47. The number of rotatable bonds is 14. The Morgan fingerprint density at radius 2 is 1.48 bits per heavy atom. The fourth-order valence-electron chi connectivity index (χ4n) is 4.95. The van der Waals surface area contributed by atoms with E-state index in [0.717, 1.165) is 47.3 Å². The SMILES string of the molecule is CCCCCCCCCCc1[nH]c(-c2ccc(C3=NOC(C(=O)O)C3)cc2)nc1-c1ccc(C(=O)N(C)C(=O)O)cc1. The summed E-state index contributed by atoms with van der Waals surface area (Å²) in [5, 5.41) is 22.2. The van der Waals surface area contributed by atoms with E-state index >= 15 is 0 Å². The van der Waals surface area contributed by atoms with Crippen molar-refractivity contribution in [3.63, 3.8) is 0 Å². The van der Waals surface area contributed by atoms with Crippen LogP contribution in [0, 0.1) is 0 Å². The van der Waals surface area contributed by atoms with E-state index in [0.29, 0.717) is 16.4 Å². The highest BCUT2D eigenvalue weighted by Gasteiger charge is 2.28. The average molecular weight is 575 g/mol. The Bertz CT molecular complexity index is 1410. The number of hydrogen-bond donors (Lipinski definition) is 3. The number of nitrogens with zero attached hydrogens (tertiary/aromatic N) is 3. The van der Waals surface area contributed by atoms with Gasteiger partial charge in [-0.1, -0.05) is 93.4 Å². The smallest absolute Gasteiger partial charge is 0.414 e. The van der Waals surface area contributed by atoms with Crippen molar-refractivity contribution in [2.45, 2.75) is 77.2 Å². The number of unbranched alkanes of at least 4 members (excludes halogenated alkanes) is 7. The number of aliphatic carboxylic acids is 1. The number of amides is 2. The van der Waals surface area contributed by atoms with E-state index in [9.17, 15) is 14.4 Å². The summed E-state index contributed by atoms with van der Waals surface area (Å²) in [5.74, 6) is -0.934. The van der Waals surface area contributed by atoms with Gasteiger partial charge in [0.1, 0.15) is 5.82 Å². The first-order valence-corrected chi connectivity index (χ1v) is 14.5. The molecule has 10 heteroatoms. The fourth-order valence-corrected chi connectivity index (χ4v) is 4.95. The number of benzene rings is 2. The number of oxime groups is 1. The average Bonchev–Trinajstić information content (AvgIpc) is 3.66. The maximum absolute atomic E-state index is 12.4. The molecule has 1 atom stereocenters. The van der Waals surface area contributed by atoms with E-state index in [1.54, 1.807) is 24.3 Å². The lowest BCUT2D eigenvalue weighted by Crippen LogP contribution is -2.31. The molecule has 0 radical (unpaired) electrons. The number of imidazole rings is 1. The van der Waals surface area contributed by atoms with Gasteiger partial charge < -0.3 is 20.0 Å². The molecule has 0 fully saturated rings. The van der Waals surface area contributed by atoms with Crippen molar-refractivity contribution in [3.05, 3.63) is 65.4 Å². The van der Waals surface area contributed by atoms with Crippen LogP contribution in [0.2, 0.25) is 0 Å². The number of aromatic nitrogens is 2. The van der Waals surface area contributed by atoms with Crippen molar-refractivity contribution in [2.75, 3.05) is 7.05 Å². The van der Waals surface area contributed by atoms with E-state index in [1.165, 1.54) is 45.6 Å². The van der Waals surface area contributed by atoms with Crippen molar-refractivity contribution < 1.29 is 29.4 Å². The van der Waals surface area contributed by atoms with Crippen LogP contribution in [0.5, 0.6) is 0 Å². The Balaban J connectivity index is 1.51. The minimum atomic E-state index is -1.31. The fraction of sp³-hybridized carbons (Fsp3) is 0.406. The van der Waals surface area contributed by atoms with Crippen molar-refractivity contribution in [3.8, 4) is 22.6 Å². The highest BCUT2D eigenvalue weighted by molar-refractivity contribution is 6.04. The molecule has 0 bridgehead atoms.